The molecule has 5 heteroatoms. The molecule has 0 bridgehead atoms. The van der Waals surface area contributed by atoms with Crippen molar-refractivity contribution in [2.45, 2.75) is 45.6 Å². The summed E-state index contributed by atoms with van der Waals surface area (Å²) in [5, 5.41) is 14.5. The minimum absolute atomic E-state index is 0.0323. The maximum Gasteiger partial charge on any atom is 0.293 e. The lowest BCUT2D eigenvalue weighted by atomic mass is 10.1. The summed E-state index contributed by atoms with van der Waals surface area (Å²) in [5.41, 5.74) is 0.456. The van der Waals surface area contributed by atoms with E-state index >= 15 is 0 Å². The van der Waals surface area contributed by atoms with Crippen LogP contribution in [0, 0.1) is 10.1 Å². The molecule has 0 radical (unpaired) electrons. The average molecular weight is 271 g/mol. The van der Waals surface area contributed by atoms with Gasteiger partial charge < -0.3 is 5.32 Å². The molecule has 0 spiro atoms. The Morgan fingerprint density at radius 1 is 1.44 bits per heavy atom. The van der Waals surface area contributed by atoms with Gasteiger partial charge in [-0.15, -0.1) is 0 Å². The van der Waals surface area contributed by atoms with Crippen LogP contribution < -0.4 is 5.32 Å². The van der Waals surface area contributed by atoms with Gasteiger partial charge >= 0.3 is 0 Å². The van der Waals surface area contributed by atoms with E-state index in [0.29, 0.717) is 10.7 Å². The fourth-order valence-electron chi connectivity index (χ4n) is 1.83. The van der Waals surface area contributed by atoms with Crippen LogP contribution in [0.2, 0.25) is 5.02 Å². The van der Waals surface area contributed by atoms with Crippen LogP contribution in [0.1, 0.15) is 39.5 Å². The highest BCUT2D eigenvalue weighted by Gasteiger charge is 2.17. The highest BCUT2D eigenvalue weighted by Crippen LogP contribution is 2.32. The Kier molecular flexibility index (Phi) is 5.92. The number of rotatable bonds is 7. The predicted molar refractivity (Wildman–Crippen MR) is 75.3 cm³/mol. The zero-order valence-corrected chi connectivity index (χ0v) is 11.5. The van der Waals surface area contributed by atoms with E-state index in [1.807, 2.05) is 6.92 Å². The molecule has 1 aromatic carbocycles. The molecule has 1 atom stereocenters. The number of nitrogens with zero attached hydrogens (tertiary/aromatic N) is 1. The zero-order valence-electron chi connectivity index (χ0n) is 10.8. The van der Waals surface area contributed by atoms with Crippen molar-refractivity contribution in [2.75, 3.05) is 5.32 Å². The Morgan fingerprint density at radius 2 is 2.17 bits per heavy atom. The molecular formula is C13H19ClN2O2. The highest BCUT2D eigenvalue weighted by atomic mass is 35.5. The number of unbranched alkanes of at least 4 members (excludes halogenated alkanes) is 2. The number of nitro groups is 1. The third-order valence-electron chi connectivity index (χ3n) is 2.82. The van der Waals surface area contributed by atoms with Gasteiger partial charge in [-0.3, -0.25) is 10.1 Å². The Bertz CT molecular complexity index is 410. The first-order valence-electron chi connectivity index (χ1n) is 6.25. The van der Waals surface area contributed by atoms with Crippen LogP contribution >= 0.6 is 11.6 Å². The van der Waals surface area contributed by atoms with Crippen LogP contribution in [0.4, 0.5) is 11.4 Å². The van der Waals surface area contributed by atoms with Gasteiger partial charge in [-0.2, -0.15) is 0 Å². The fraction of sp³-hybridized carbons (Fsp3) is 0.538. The second-order valence-corrected chi connectivity index (χ2v) is 4.84. The van der Waals surface area contributed by atoms with Crippen molar-refractivity contribution < 1.29 is 4.92 Å². The molecule has 0 aliphatic rings. The Balaban J connectivity index is 2.73. The fourth-order valence-corrected chi connectivity index (χ4v) is 2.05. The van der Waals surface area contributed by atoms with E-state index in [0.717, 1.165) is 12.8 Å². The summed E-state index contributed by atoms with van der Waals surface area (Å²) >= 11 is 6.01. The predicted octanol–water partition coefficient (Wildman–Crippen LogP) is 4.63. The maximum absolute atomic E-state index is 10.9. The van der Waals surface area contributed by atoms with Crippen molar-refractivity contribution in [3.63, 3.8) is 0 Å². The maximum atomic E-state index is 10.9. The Morgan fingerprint density at radius 3 is 2.78 bits per heavy atom. The van der Waals surface area contributed by atoms with Crippen LogP contribution in [0.15, 0.2) is 18.2 Å². The quantitative estimate of drug-likeness (QED) is 0.446. The third-order valence-corrected chi connectivity index (χ3v) is 3.13. The van der Waals surface area contributed by atoms with Crippen molar-refractivity contribution in [3.8, 4) is 0 Å². The number of benzene rings is 1. The molecule has 0 saturated carbocycles. The molecule has 18 heavy (non-hydrogen) atoms. The standard InChI is InChI=1S/C13H19ClN2O2/c1-3-4-5-7-10(2)15-13-11(14)8-6-9-12(13)16(17)18/h6,8-10,15H,3-5,7H2,1-2H3. The topological polar surface area (TPSA) is 55.2 Å². The molecule has 100 valence electrons. The van der Waals surface area contributed by atoms with E-state index < -0.39 is 4.92 Å². The summed E-state index contributed by atoms with van der Waals surface area (Å²) < 4.78 is 0. The number of anilines is 1. The normalized spacial score (nSPS) is 12.2. The number of para-hydroxylation sites is 1. The summed E-state index contributed by atoms with van der Waals surface area (Å²) in [6.07, 6.45) is 4.44. The molecule has 1 aromatic rings. The lowest BCUT2D eigenvalue weighted by Crippen LogP contribution is -2.16. The summed E-state index contributed by atoms with van der Waals surface area (Å²) in [5.74, 6) is 0. The first kappa shape index (κ1) is 14.8. The molecule has 0 aliphatic carbocycles. The zero-order chi connectivity index (χ0) is 13.5. The van der Waals surface area contributed by atoms with Crippen LogP contribution in [0.5, 0.6) is 0 Å². The van der Waals surface area contributed by atoms with Crippen molar-refractivity contribution >= 4 is 23.0 Å². The SMILES string of the molecule is CCCCCC(C)Nc1c(Cl)cccc1[N+](=O)[O-]. The molecule has 0 aliphatic heterocycles. The van der Waals surface area contributed by atoms with Gasteiger partial charge in [0.25, 0.3) is 5.69 Å². The monoisotopic (exact) mass is 270 g/mol. The van der Waals surface area contributed by atoms with Gasteiger partial charge in [-0.25, -0.2) is 0 Å². The molecule has 1 N–H and O–H groups in total. The van der Waals surface area contributed by atoms with Crippen LogP contribution in [0.3, 0.4) is 0 Å². The van der Waals surface area contributed by atoms with E-state index in [2.05, 4.69) is 12.2 Å². The summed E-state index contributed by atoms with van der Waals surface area (Å²) in [6, 6.07) is 4.89. The van der Waals surface area contributed by atoms with E-state index in [1.165, 1.54) is 18.9 Å². The van der Waals surface area contributed by atoms with Crippen LogP contribution in [-0.4, -0.2) is 11.0 Å². The molecule has 0 saturated heterocycles. The van der Waals surface area contributed by atoms with Gasteiger partial charge in [0.05, 0.1) is 9.95 Å². The lowest BCUT2D eigenvalue weighted by molar-refractivity contribution is -0.384. The number of nitro benzene ring substituents is 1. The lowest BCUT2D eigenvalue weighted by Gasteiger charge is -2.16. The molecule has 0 heterocycles. The van der Waals surface area contributed by atoms with Crippen LogP contribution in [0.25, 0.3) is 0 Å². The Labute approximate surface area is 112 Å². The number of hydrogen-bond donors (Lipinski definition) is 1. The van der Waals surface area contributed by atoms with Crippen molar-refractivity contribution in [1.82, 2.24) is 0 Å². The van der Waals surface area contributed by atoms with Gasteiger partial charge in [0, 0.05) is 12.1 Å². The molecular weight excluding hydrogens is 252 g/mol. The minimum Gasteiger partial charge on any atom is -0.376 e. The van der Waals surface area contributed by atoms with Gasteiger partial charge in [-0.1, -0.05) is 43.9 Å². The van der Waals surface area contributed by atoms with E-state index in [4.69, 9.17) is 11.6 Å². The molecule has 1 rings (SSSR count). The second-order valence-electron chi connectivity index (χ2n) is 4.43. The third kappa shape index (κ3) is 4.18. The van der Waals surface area contributed by atoms with E-state index in [-0.39, 0.29) is 11.7 Å². The minimum atomic E-state index is -0.410. The van der Waals surface area contributed by atoms with Crippen molar-refractivity contribution in [3.05, 3.63) is 33.3 Å². The summed E-state index contributed by atoms with van der Waals surface area (Å²) in [4.78, 5) is 10.5. The van der Waals surface area contributed by atoms with Crippen molar-refractivity contribution in [2.24, 2.45) is 0 Å². The van der Waals surface area contributed by atoms with Crippen molar-refractivity contribution in [1.29, 1.82) is 0 Å². The number of hydrogen-bond acceptors (Lipinski definition) is 3. The average Bonchev–Trinajstić information content (AvgIpc) is 2.31. The van der Waals surface area contributed by atoms with Gasteiger partial charge in [-0.05, 0) is 19.4 Å². The summed E-state index contributed by atoms with van der Waals surface area (Å²) in [6.45, 7) is 4.17. The van der Waals surface area contributed by atoms with E-state index in [1.54, 1.807) is 12.1 Å². The second kappa shape index (κ2) is 7.21. The Hall–Kier alpha value is -1.29. The highest BCUT2D eigenvalue weighted by molar-refractivity contribution is 6.33. The first-order valence-corrected chi connectivity index (χ1v) is 6.63. The first-order chi connectivity index (χ1) is 8.56. The van der Waals surface area contributed by atoms with Crippen LogP contribution in [-0.2, 0) is 0 Å². The molecule has 0 aromatic heterocycles. The van der Waals surface area contributed by atoms with Gasteiger partial charge in [0.1, 0.15) is 5.69 Å². The summed E-state index contributed by atoms with van der Waals surface area (Å²) in [7, 11) is 0. The largest absolute Gasteiger partial charge is 0.376 e. The number of halogens is 1. The van der Waals surface area contributed by atoms with Gasteiger partial charge in [0.2, 0.25) is 0 Å². The molecule has 1 unspecified atom stereocenters. The molecule has 4 nitrogen and oxygen atoms in total. The molecule has 0 amide bonds. The number of nitrogens with one attached hydrogen (secondary N) is 1. The smallest absolute Gasteiger partial charge is 0.293 e. The molecule has 0 fully saturated rings. The van der Waals surface area contributed by atoms with Gasteiger partial charge in [0.15, 0.2) is 0 Å². The van der Waals surface area contributed by atoms with E-state index in [9.17, 15) is 10.1 Å².